The molecule has 0 aliphatic carbocycles. The highest BCUT2D eigenvalue weighted by molar-refractivity contribution is 6.32. The maximum Gasteiger partial charge on any atom is 0.288 e. The van der Waals surface area contributed by atoms with Crippen LogP contribution in [0.5, 0.6) is 0 Å². The smallest absolute Gasteiger partial charge is 0.288 e. The van der Waals surface area contributed by atoms with Gasteiger partial charge in [0.2, 0.25) is 0 Å². The third-order valence-corrected chi connectivity index (χ3v) is 4.13. The summed E-state index contributed by atoms with van der Waals surface area (Å²) in [4.78, 5) is 12.8. The lowest BCUT2D eigenvalue weighted by Crippen LogP contribution is -2.32. The van der Waals surface area contributed by atoms with Crippen molar-refractivity contribution in [3.8, 4) is 0 Å². The van der Waals surface area contributed by atoms with Crippen LogP contribution in [0.3, 0.4) is 0 Å². The maximum absolute atomic E-state index is 10.9. The van der Waals surface area contributed by atoms with E-state index >= 15 is 0 Å². The first-order chi connectivity index (χ1) is 9.58. The number of hydrogen-bond acceptors (Lipinski definition) is 4. The summed E-state index contributed by atoms with van der Waals surface area (Å²) in [6.45, 7) is 2.83. The maximum atomic E-state index is 10.9. The summed E-state index contributed by atoms with van der Waals surface area (Å²) in [6.07, 6.45) is 3.46. The van der Waals surface area contributed by atoms with E-state index in [1.807, 2.05) is 6.07 Å². The summed E-state index contributed by atoms with van der Waals surface area (Å²) >= 11 is 5.83. The summed E-state index contributed by atoms with van der Waals surface area (Å²) in [5.74, 6) is 0. The van der Waals surface area contributed by atoms with Gasteiger partial charge in [-0.2, -0.15) is 0 Å². The van der Waals surface area contributed by atoms with E-state index in [0.29, 0.717) is 12.6 Å². The van der Waals surface area contributed by atoms with E-state index < -0.39 is 4.92 Å². The first-order valence-corrected chi connectivity index (χ1v) is 7.29. The molecule has 1 aromatic rings. The molecular formula is C14H20ClN3O2. The molecule has 20 heavy (non-hydrogen) atoms. The minimum Gasteiger partial charge on any atom is -0.317 e. The predicted molar refractivity (Wildman–Crippen MR) is 80.1 cm³/mol. The standard InChI is InChI=1S/C14H20ClN3O2/c1-17(12-3-2-7-16-8-6-12)10-11-4-5-13(15)14(9-11)18(19)20/h4-5,9,12,16H,2-3,6-8,10H2,1H3. The molecule has 1 aromatic carbocycles. The van der Waals surface area contributed by atoms with Gasteiger partial charge < -0.3 is 5.32 Å². The van der Waals surface area contributed by atoms with E-state index in [9.17, 15) is 10.1 Å². The van der Waals surface area contributed by atoms with Gasteiger partial charge in [-0.15, -0.1) is 0 Å². The molecule has 110 valence electrons. The number of halogens is 1. The van der Waals surface area contributed by atoms with E-state index in [1.54, 1.807) is 12.1 Å². The first-order valence-electron chi connectivity index (χ1n) is 6.91. The van der Waals surface area contributed by atoms with Gasteiger partial charge in [-0.25, -0.2) is 0 Å². The molecule has 0 radical (unpaired) electrons. The fourth-order valence-electron chi connectivity index (χ4n) is 2.66. The molecule has 1 N–H and O–H groups in total. The lowest BCUT2D eigenvalue weighted by molar-refractivity contribution is -0.384. The molecule has 1 heterocycles. The quantitative estimate of drug-likeness (QED) is 0.686. The Hall–Kier alpha value is -1.17. The fourth-order valence-corrected chi connectivity index (χ4v) is 2.84. The van der Waals surface area contributed by atoms with Crippen LogP contribution in [0, 0.1) is 10.1 Å². The summed E-state index contributed by atoms with van der Waals surface area (Å²) < 4.78 is 0. The third-order valence-electron chi connectivity index (χ3n) is 3.81. The normalized spacial score (nSPS) is 19.9. The van der Waals surface area contributed by atoms with Gasteiger partial charge in [0, 0.05) is 18.7 Å². The Morgan fingerprint density at radius 1 is 1.45 bits per heavy atom. The molecule has 2 rings (SSSR count). The zero-order chi connectivity index (χ0) is 14.5. The Kier molecular flexibility index (Phi) is 5.34. The largest absolute Gasteiger partial charge is 0.317 e. The van der Waals surface area contributed by atoms with Crippen molar-refractivity contribution in [1.29, 1.82) is 0 Å². The highest BCUT2D eigenvalue weighted by atomic mass is 35.5. The molecule has 1 fully saturated rings. The molecular weight excluding hydrogens is 278 g/mol. The molecule has 0 spiro atoms. The van der Waals surface area contributed by atoms with E-state index in [-0.39, 0.29) is 10.7 Å². The van der Waals surface area contributed by atoms with Crippen molar-refractivity contribution in [2.24, 2.45) is 0 Å². The molecule has 5 nitrogen and oxygen atoms in total. The van der Waals surface area contributed by atoms with Crippen molar-refractivity contribution in [2.45, 2.75) is 31.8 Å². The van der Waals surface area contributed by atoms with Crippen molar-refractivity contribution in [2.75, 3.05) is 20.1 Å². The number of rotatable bonds is 4. The van der Waals surface area contributed by atoms with Gasteiger partial charge in [-0.1, -0.05) is 17.7 Å². The van der Waals surface area contributed by atoms with Gasteiger partial charge in [0.05, 0.1) is 4.92 Å². The molecule has 6 heteroatoms. The Balaban J connectivity index is 2.05. The predicted octanol–water partition coefficient (Wildman–Crippen LogP) is 2.82. The Morgan fingerprint density at radius 2 is 2.25 bits per heavy atom. The van der Waals surface area contributed by atoms with Crippen molar-refractivity contribution < 1.29 is 4.92 Å². The second-order valence-corrected chi connectivity index (χ2v) is 5.70. The van der Waals surface area contributed by atoms with Gasteiger partial charge in [0.1, 0.15) is 5.02 Å². The van der Waals surface area contributed by atoms with Gasteiger partial charge in [0.25, 0.3) is 5.69 Å². The summed E-state index contributed by atoms with van der Waals surface area (Å²) in [5.41, 5.74) is 0.918. The van der Waals surface area contributed by atoms with Crippen LogP contribution in [-0.2, 0) is 6.54 Å². The third kappa shape index (κ3) is 3.91. The van der Waals surface area contributed by atoms with E-state index in [2.05, 4.69) is 17.3 Å². The second kappa shape index (κ2) is 7.02. The van der Waals surface area contributed by atoms with Gasteiger partial charge in [0.15, 0.2) is 0 Å². The average Bonchev–Trinajstić information content (AvgIpc) is 2.69. The van der Waals surface area contributed by atoms with Gasteiger partial charge >= 0.3 is 0 Å². The number of nitro benzene ring substituents is 1. The van der Waals surface area contributed by atoms with Gasteiger partial charge in [-0.3, -0.25) is 15.0 Å². The van der Waals surface area contributed by atoms with Crippen molar-refractivity contribution in [1.82, 2.24) is 10.2 Å². The number of benzene rings is 1. The molecule has 1 atom stereocenters. The molecule has 1 aliphatic rings. The first kappa shape index (κ1) is 15.2. The second-order valence-electron chi connectivity index (χ2n) is 5.29. The lowest BCUT2D eigenvalue weighted by atomic mass is 10.1. The SMILES string of the molecule is CN(Cc1ccc(Cl)c([N+](=O)[O-])c1)C1CCCNCC1. The molecule has 0 saturated carbocycles. The van der Waals surface area contributed by atoms with Gasteiger partial charge in [-0.05, 0) is 51.0 Å². The van der Waals surface area contributed by atoms with Crippen LogP contribution in [0.2, 0.25) is 5.02 Å². The molecule has 0 bridgehead atoms. The number of nitrogens with one attached hydrogen (secondary N) is 1. The Bertz CT molecular complexity index is 473. The topological polar surface area (TPSA) is 58.4 Å². The molecule has 0 aromatic heterocycles. The lowest BCUT2D eigenvalue weighted by Gasteiger charge is -2.26. The highest BCUT2D eigenvalue weighted by Crippen LogP contribution is 2.26. The van der Waals surface area contributed by atoms with Crippen LogP contribution in [0.4, 0.5) is 5.69 Å². The zero-order valence-electron chi connectivity index (χ0n) is 11.6. The average molecular weight is 298 g/mol. The molecule has 1 saturated heterocycles. The van der Waals surface area contributed by atoms with E-state index in [4.69, 9.17) is 11.6 Å². The zero-order valence-corrected chi connectivity index (χ0v) is 12.4. The summed E-state index contributed by atoms with van der Waals surface area (Å²) in [5, 5.41) is 14.5. The molecule has 1 unspecified atom stereocenters. The Labute approximate surface area is 124 Å². The minimum atomic E-state index is -0.429. The molecule has 1 aliphatic heterocycles. The van der Waals surface area contributed by atoms with Crippen molar-refractivity contribution in [3.05, 3.63) is 38.9 Å². The van der Waals surface area contributed by atoms with Crippen LogP contribution in [-0.4, -0.2) is 36.0 Å². The number of hydrogen-bond donors (Lipinski definition) is 1. The van der Waals surface area contributed by atoms with Crippen LogP contribution in [0.25, 0.3) is 0 Å². The van der Waals surface area contributed by atoms with Crippen LogP contribution >= 0.6 is 11.6 Å². The van der Waals surface area contributed by atoms with E-state index in [0.717, 1.165) is 25.1 Å². The van der Waals surface area contributed by atoms with Crippen molar-refractivity contribution >= 4 is 17.3 Å². The van der Waals surface area contributed by atoms with E-state index in [1.165, 1.54) is 12.8 Å². The number of nitrogens with zero attached hydrogens (tertiary/aromatic N) is 2. The summed E-state index contributed by atoms with van der Waals surface area (Å²) in [6, 6.07) is 5.58. The monoisotopic (exact) mass is 297 g/mol. The van der Waals surface area contributed by atoms with Crippen LogP contribution in [0.1, 0.15) is 24.8 Å². The van der Waals surface area contributed by atoms with Crippen LogP contribution < -0.4 is 5.32 Å². The van der Waals surface area contributed by atoms with Crippen LogP contribution in [0.15, 0.2) is 18.2 Å². The molecule has 0 amide bonds. The van der Waals surface area contributed by atoms with Crippen molar-refractivity contribution in [3.63, 3.8) is 0 Å². The number of nitro groups is 1. The minimum absolute atomic E-state index is 0.0138. The highest BCUT2D eigenvalue weighted by Gasteiger charge is 2.18. The Morgan fingerprint density at radius 3 is 3.00 bits per heavy atom. The fraction of sp³-hybridized carbons (Fsp3) is 0.571. The summed E-state index contributed by atoms with van der Waals surface area (Å²) in [7, 11) is 2.08.